The van der Waals surface area contributed by atoms with Crippen molar-refractivity contribution in [3.8, 4) is 0 Å². The SMILES string of the molecule is C=C(C)C(=O)[O-].[CH2]CCCCCCCCCCC.[Na+]. The van der Waals surface area contributed by atoms with E-state index in [-0.39, 0.29) is 35.1 Å². The van der Waals surface area contributed by atoms with E-state index in [1.807, 2.05) is 0 Å². The van der Waals surface area contributed by atoms with Crippen molar-refractivity contribution < 1.29 is 39.5 Å². The molecule has 0 N–H and O–H groups in total. The Balaban J connectivity index is -0.000000313. The van der Waals surface area contributed by atoms with E-state index in [0.717, 1.165) is 6.42 Å². The van der Waals surface area contributed by atoms with E-state index in [1.54, 1.807) is 0 Å². The molecular formula is C16H30NaO2. The number of hydrogen-bond donors (Lipinski definition) is 0. The molecule has 0 saturated carbocycles. The average molecular weight is 277 g/mol. The van der Waals surface area contributed by atoms with Crippen LogP contribution in [0.1, 0.15) is 78.1 Å². The third-order valence-corrected chi connectivity index (χ3v) is 2.70. The van der Waals surface area contributed by atoms with Crippen molar-refractivity contribution in [2.45, 2.75) is 78.1 Å². The number of carbonyl (C=O) groups excluding carboxylic acids is 1. The van der Waals surface area contributed by atoms with Crippen molar-refractivity contribution in [1.29, 1.82) is 0 Å². The van der Waals surface area contributed by atoms with Gasteiger partial charge in [0.15, 0.2) is 0 Å². The minimum atomic E-state index is -1.19. The maximum Gasteiger partial charge on any atom is 1.00 e. The first-order valence-electron chi connectivity index (χ1n) is 7.22. The largest absolute Gasteiger partial charge is 1.00 e. The normalized spacial score (nSPS) is 9.00. The first kappa shape index (κ1) is 24.2. The molecule has 0 aromatic heterocycles. The standard InChI is InChI=1S/C12H25.C4H6O2.Na/c1-3-5-7-9-11-12-10-8-6-4-2;1-3(2)4(5)6;/h1,3-12H2,2H3;1H2,2H3,(H,5,6);/q;;+1/p-1. The van der Waals surface area contributed by atoms with Gasteiger partial charge in [-0.1, -0.05) is 84.6 Å². The van der Waals surface area contributed by atoms with Gasteiger partial charge < -0.3 is 9.90 Å². The second-order valence-electron chi connectivity index (χ2n) is 4.75. The van der Waals surface area contributed by atoms with Crippen LogP contribution in [0.5, 0.6) is 0 Å². The van der Waals surface area contributed by atoms with Crippen molar-refractivity contribution in [3.63, 3.8) is 0 Å². The third-order valence-electron chi connectivity index (χ3n) is 2.70. The Kier molecular flexibility index (Phi) is 26.2. The van der Waals surface area contributed by atoms with E-state index in [2.05, 4.69) is 20.4 Å². The molecule has 0 fully saturated rings. The summed E-state index contributed by atoms with van der Waals surface area (Å²) < 4.78 is 0. The van der Waals surface area contributed by atoms with Crippen molar-refractivity contribution >= 4 is 5.97 Å². The Morgan fingerprint density at radius 2 is 1.26 bits per heavy atom. The Hall–Kier alpha value is 0.210. The number of carboxylic acid groups (broad SMARTS) is 1. The number of carboxylic acids is 1. The molecule has 0 aromatic carbocycles. The molecule has 1 radical (unpaired) electrons. The summed E-state index contributed by atoms with van der Waals surface area (Å²) >= 11 is 0. The van der Waals surface area contributed by atoms with Crippen molar-refractivity contribution in [3.05, 3.63) is 19.1 Å². The molecular weight excluding hydrogens is 247 g/mol. The molecule has 0 aliphatic heterocycles. The molecule has 0 aliphatic carbocycles. The summed E-state index contributed by atoms with van der Waals surface area (Å²) in [4.78, 5) is 9.49. The first-order valence-corrected chi connectivity index (χ1v) is 7.22. The number of rotatable bonds is 10. The van der Waals surface area contributed by atoms with E-state index in [0.29, 0.717) is 0 Å². The predicted molar refractivity (Wildman–Crippen MR) is 77.0 cm³/mol. The first-order chi connectivity index (χ1) is 8.56. The van der Waals surface area contributed by atoms with Crippen LogP contribution in [0.2, 0.25) is 0 Å². The van der Waals surface area contributed by atoms with Gasteiger partial charge in [-0.2, -0.15) is 0 Å². The average Bonchev–Trinajstić information content (AvgIpc) is 2.33. The van der Waals surface area contributed by atoms with E-state index in [9.17, 15) is 9.90 Å². The number of unbranched alkanes of at least 4 members (excludes halogenated alkanes) is 9. The fraction of sp³-hybridized carbons (Fsp3) is 0.750. The second-order valence-corrected chi connectivity index (χ2v) is 4.75. The van der Waals surface area contributed by atoms with Crippen LogP contribution < -0.4 is 34.7 Å². The van der Waals surface area contributed by atoms with Gasteiger partial charge in [0.2, 0.25) is 0 Å². The van der Waals surface area contributed by atoms with Crippen LogP contribution in [0.4, 0.5) is 0 Å². The maximum absolute atomic E-state index is 9.49. The fourth-order valence-electron chi connectivity index (χ4n) is 1.49. The van der Waals surface area contributed by atoms with Gasteiger partial charge in [-0.05, 0) is 12.5 Å². The Bertz CT molecular complexity index is 181. The van der Waals surface area contributed by atoms with Crippen LogP contribution in [0.3, 0.4) is 0 Å². The van der Waals surface area contributed by atoms with Crippen molar-refractivity contribution in [1.82, 2.24) is 0 Å². The van der Waals surface area contributed by atoms with Gasteiger partial charge in [-0.25, -0.2) is 0 Å². The maximum atomic E-state index is 9.49. The third kappa shape index (κ3) is 27.4. The molecule has 107 valence electrons. The summed E-state index contributed by atoms with van der Waals surface area (Å²) in [5.74, 6) is -1.19. The van der Waals surface area contributed by atoms with Gasteiger partial charge in [0, 0.05) is 0 Å². The zero-order valence-corrected chi connectivity index (χ0v) is 15.3. The molecule has 0 heterocycles. The summed E-state index contributed by atoms with van der Waals surface area (Å²) in [7, 11) is 0. The van der Waals surface area contributed by atoms with Gasteiger partial charge in [0.25, 0.3) is 0 Å². The molecule has 0 unspecified atom stereocenters. The molecule has 3 heteroatoms. The van der Waals surface area contributed by atoms with E-state index in [1.165, 1.54) is 64.7 Å². The predicted octanol–water partition coefficient (Wildman–Crippen LogP) is 1.06. The van der Waals surface area contributed by atoms with Crippen LogP contribution in [0, 0.1) is 6.92 Å². The number of hydrogen-bond acceptors (Lipinski definition) is 2. The van der Waals surface area contributed by atoms with Crippen LogP contribution in [0.25, 0.3) is 0 Å². The Morgan fingerprint density at radius 1 is 0.947 bits per heavy atom. The van der Waals surface area contributed by atoms with Gasteiger partial charge in [-0.3, -0.25) is 0 Å². The number of aliphatic carboxylic acids is 1. The monoisotopic (exact) mass is 277 g/mol. The van der Waals surface area contributed by atoms with Crippen LogP contribution in [-0.4, -0.2) is 5.97 Å². The molecule has 2 nitrogen and oxygen atoms in total. The molecule has 0 aromatic rings. The fourth-order valence-corrected chi connectivity index (χ4v) is 1.49. The molecule has 0 saturated heterocycles. The van der Waals surface area contributed by atoms with Crippen LogP contribution >= 0.6 is 0 Å². The summed E-state index contributed by atoms with van der Waals surface area (Å²) in [5, 5.41) is 9.49. The van der Waals surface area contributed by atoms with Gasteiger partial charge in [-0.15, -0.1) is 0 Å². The van der Waals surface area contributed by atoms with Gasteiger partial charge >= 0.3 is 29.6 Å². The smallest absolute Gasteiger partial charge is 0.545 e. The minimum Gasteiger partial charge on any atom is -0.545 e. The number of carbonyl (C=O) groups is 1. The van der Waals surface area contributed by atoms with Gasteiger partial charge in [0.05, 0.1) is 5.97 Å². The second kappa shape index (κ2) is 20.5. The van der Waals surface area contributed by atoms with Crippen LogP contribution in [0.15, 0.2) is 12.2 Å². The Morgan fingerprint density at radius 3 is 1.53 bits per heavy atom. The molecule has 0 spiro atoms. The van der Waals surface area contributed by atoms with Crippen molar-refractivity contribution in [2.24, 2.45) is 0 Å². The molecule has 19 heavy (non-hydrogen) atoms. The molecule has 0 aliphatic rings. The molecule has 0 atom stereocenters. The molecule has 0 rings (SSSR count). The van der Waals surface area contributed by atoms with E-state index < -0.39 is 5.97 Å². The van der Waals surface area contributed by atoms with Crippen LogP contribution in [-0.2, 0) is 4.79 Å². The summed E-state index contributed by atoms with van der Waals surface area (Å²) in [6.45, 7) is 10.6. The zero-order valence-electron chi connectivity index (χ0n) is 13.3. The van der Waals surface area contributed by atoms with Gasteiger partial charge in [0.1, 0.15) is 0 Å². The minimum absolute atomic E-state index is 0. The van der Waals surface area contributed by atoms with Crippen molar-refractivity contribution in [2.75, 3.05) is 0 Å². The van der Waals surface area contributed by atoms with E-state index >= 15 is 0 Å². The summed E-state index contributed by atoms with van der Waals surface area (Å²) in [6, 6.07) is 0. The quantitative estimate of drug-likeness (QED) is 0.340. The summed E-state index contributed by atoms with van der Waals surface area (Å²) in [6.07, 6.45) is 13.9. The topological polar surface area (TPSA) is 40.1 Å². The van der Waals surface area contributed by atoms with E-state index in [4.69, 9.17) is 0 Å². The molecule has 0 bridgehead atoms. The molecule has 0 amide bonds. The Labute approximate surface area is 142 Å². The zero-order chi connectivity index (χ0) is 14.2. The summed E-state index contributed by atoms with van der Waals surface area (Å²) in [5.41, 5.74) is 0.0648.